The van der Waals surface area contributed by atoms with Crippen LogP contribution in [0.2, 0.25) is 0 Å². The second-order valence-corrected chi connectivity index (χ2v) is 5.36. The Labute approximate surface area is 118 Å². The van der Waals surface area contributed by atoms with E-state index in [1.54, 1.807) is 0 Å². The fourth-order valence-corrected chi connectivity index (χ4v) is 2.78. The van der Waals surface area contributed by atoms with Gasteiger partial charge in [-0.2, -0.15) is 0 Å². The molecular weight excluding hydrogens is 264 g/mol. The second kappa shape index (κ2) is 7.01. The number of likely N-dealkylation sites (tertiary alicyclic amines) is 1. The summed E-state index contributed by atoms with van der Waals surface area (Å²) in [7, 11) is 0. The van der Waals surface area contributed by atoms with Crippen LogP contribution in [0.3, 0.4) is 0 Å². The minimum atomic E-state index is -1.26. The van der Waals surface area contributed by atoms with Crippen molar-refractivity contribution < 1.29 is 29.1 Å². The smallest absolute Gasteiger partial charge is 0.220 e. The summed E-state index contributed by atoms with van der Waals surface area (Å²) in [5.74, 6) is -1.83. The van der Waals surface area contributed by atoms with Crippen molar-refractivity contribution in [2.24, 2.45) is 0 Å². The number of ether oxygens (including phenoxy) is 2. The van der Waals surface area contributed by atoms with E-state index >= 15 is 0 Å². The van der Waals surface area contributed by atoms with Crippen molar-refractivity contribution in [1.29, 1.82) is 0 Å². The number of carboxylic acids is 1. The van der Waals surface area contributed by atoms with E-state index in [1.807, 2.05) is 0 Å². The fourth-order valence-electron chi connectivity index (χ4n) is 2.78. The zero-order chi connectivity index (χ0) is 14.4. The maximum absolute atomic E-state index is 11.3. The van der Waals surface area contributed by atoms with E-state index < -0.39 is 12.5 Å². The molecule has 0 aromatic carbocycles. The molecule has 0 bridgehead atoms. The van der Waals surface area contributed by atoms with Gasteiger partial charge in [0, 0.05) is 12.8 Å². The first-order valence-corrected chi connectivity index (χ1v) is 7.18. The van der Waals surface area contributed by atoms with Gasteiger partial charge in [0.15, 0.2) is 5.79 Å². The van der Waals surface area contributed by atoms with E-state index in [0.717, 1.165) is 38.9 Å². The Bertz CT molecular complexity index is 345. The Hall–Kier alpha value is -1.18. The van der Waals surface area contributed by atoms with Crippen molar-refractivity contribution in [3.63, 3.8) is 0 Å². The summed E-state index contributed by atoms with van der Waals surface area (Å²) in [6.07, 6.45) is 2.91. The van der Waals surface area contributed by atoms with E-state index in [2.05, 4.69) is 5.32 Å². The third-order valence-electron chi connectivity index (χ3n) is 3.90. The van der Waals surface area contributed by atoms with Crippen LogP contribution in [0.15, 0.2) is 0 Å². The van der Waals surface area contributed by atoms with E-state index in [0.29, 0.717) is 19.6 Å². The molecule has 0 aromatic heterocycles. The highest BCUT2D eigenvalue weighted by Crippen LogP contribution is 2.27. The van der Waals surface area contributed by atoms with Gasteiger partial charge in [0.1, 0.15) is 0 Å². The van der Waals surface area contributed by atoms with Gasteiger partial charge < -0.3 is 29.6 Å². The van der Waals surface area contributed by atoms with Crippen LogP contribution >= 0.6 is 0 Å². The summed E-state index contributed by atoms with van der Waals surface area (Å²) in [6, 6.07) is 0. The standard InChI is InChI=1S/C13H22N2O5/c16-11(14-10-12(17)18)2-1-5-15-6-3-13(4-7-15)19-8-9-20-13/h1-10H2,(H,14,16)(H,17,18). The van der Waals surface area contributed by atoms with Crippen molar-refractivity contribution in [3.05, 3.63) is 0 Å². The van der Waals surface area contributed by atoms with Crippen molar-refractivity contribution in [2.75, 3.05) is 39.4 Å². The molecule has 1 spiro atoms. The number of piperidine rings is 1. The van der Waals surface area contributed by atoms with Crippen LogP contribution in [0, 0.1) is 0 Å². The largest absolute Gasteiger partial charge is 0.548 e. The summed E-state index contributed by atoms with van der Waals surface area (Å²) in [5.41, 5.74) is 0. The normalized spacial score (nSPS) is 22.0. The lowest BCUT2D eigenvalue weighted by Crippen LogP contribution is -3.13. The van der Waals surface area contributed by atoms with Gasteiger partial charge in [0.05, 0.1) is 58.2 Å². The molecular formula is C13H22N2O5. The molecule has 2 heterocycles. The third kappa shape index (κ3) is 4.43. The highest BCUT2D eigenvalue weighted by atomic mass is 16.7. The maximum atomic E-state index is 11.3. The number of rotatable bonds is 6. The zero-order valence-electron chi connectivity index (χ0n) is 11.6. The van der Waals surface area contributed by atoms with Gasteiger partial charge in [0.25, 0.3) is 0 Å². The van der Waals surface area contributed by atoms with Crippen molar-refractivity contribution in [1.82, 2.24) is 5.32 Å². The lowest BCUT2D eigenvalue weighted by atomic mass is 10.0. The highest BCUT2D eigenvalue weighted by Gasteiger charge is 2.41. The highest BCUT2D eigenvalue weighted by molar-refractivity contribution is 5.80. The minimum absolute atomic E-state index is 0.232. The molecule has 0 saturated carbocycles. The molecule has 7 nitrogen and oxygen atoms in total. The molecule has 20 heavy (non-hydrogen) atoms. The molecule has 2 rings (SSSR count). The van der Waals surface area contributed by atoms with Gasteiger partial charge in [-0.1, -0.05) is 0 Å². The molecule has 0 atom stereocenters. The van der Waals surface area contributed by atoms with E-state index in [4.69, 9.17) is 9.47 Å². The van der Waals surface area contributed by atoms with Gasteiger partial charge in [-0.25, -0.2) is 0 Å². The van der Waals surface area contributed by atoms with Crippen LogP contribution in [0.4, 0.5) is 0 Å². The Morgan fingerprint density at radius 2 is 1.85 bits per heavy atom. The number of carboxylic acid groups (broad SMARTS) is 1. The van der Waals surface area contributed by atoms with Crippen molar-refractivity contribution >= 4 is 11.9 Å². The molecule has 1 amide bonds. The number of hydrogen-bond donors (Lipinski definition) is 2. The van der Waals surface area contributed by atoms with Gasteiger partial charge in [-0.05, 0) is 0 Å². The average molecular weight is 286 g/mol. The summed E-state index contributed by atoms with van der Waals surface area (Å²) < 4.78 is 11.3. The van der Waals surface area contributed by atoms with Crippen LogP contribution in [-0.4, -0.2) is 57.1 Å². The number of nitrogens with one attached hydrogen (secondary N) is 2. The molecule has 2 N–H and O–H groups in total. The SMILES string of the molecule is O=C([O-])CNC(=O)CCC[NH+]1CCC2(CC1)OCCO2. The molecule has 0 aliphatic carbocycles. The summed E-state index contributed by atoms with van der Waals surface area (Å²) in [4.78, 5) is 23.0. The average Bonchev–Trinajstić information content (AvgIpc) is 2.87. The first-order valence-electron chi connectivity index (χ1n) is 7.18. The molecule has 2 aliphatic heterocycles. The van der Waals surface area contributed by atoms with Crippen LogP contribution in [0.1, 0.15) is 25.7 Å². The Morgan fingerprint density at radius 1 is 1.20 bits per heavy atom. The number of amides is 1. The number of quaternary nitrogens is 1. The Morgan fingerprint density at radius 3 is 2.45 bits per heavy atom. The summed E-state index contributed by atoms with van der Waals surface area (Å²) in [6.45, 7) is 3.85. The number of aliphatic carboxylic acids is 1. The van der Waals surface area contributed by atoms with Crippen LogP contribution < -0.4 is 15.3 Å². The van der Waals surface area contributed by atoms with Gasteiger partial charge >= 0.3 is 0 Å². The lowest BCUT2D eigenvalue weighted by molar-refractivity contribution is -0.908. The van der Waals surface area contributed by atoms with E-state index in [-0.39, 0.29) is 11.7 Å². The quantitative estimate of drug-likeness (QED) is 0.545. The second-order valence-electron chi connectivity index (χ2n) is 5.36. The maximum Gasteiger partial charge on any atom is 0.220 e. The molecule has 2 saturated heterocycles. The molecule has 0 radical (unpaired) electrons. The Balaban J connectivity index is 1.57. The van der Waals surface area contributed by atoms with Crippen LogP contribution in [-0.2, 0) is 19.1 Å². The fraction of sp³-hybridized carbons (Fsp3) is 0.846. The summed E-state index contributed by atoms with van der Waals surface area (Å²) >= 11 is 0. The molecule has 7 heteroatoms. The van der Waals surface area contributed by atoms with Gasteiger partial charge in [-0.15, -0.1) is 0 Å². The third-order valence-corrected chi connectivity index (χ3v) is 3.90. The molecule has 114 valence electrons. The molecule has 2 fully saturated rings. The predicted molar refractivity (Wildman–Crippen MR) is 66.7 cm³/mol. The van der Waals surface area contributed by atoms with Crippen molar-refractivity contribution in [2.45, 2.75) is 31.5 Å². The topological polar surface area (TPSA) is 92.1 Å². The van der Waals surface area contributed by atoms with Crippen LogP contribution in [0.5, 0.6) is 0 Å². The monoisotopic (exact) mass is 286 g/mol. The van der Waals surface area contributed by atoms with Gasteiger partial charge in [-0.3, -0.25) is 4.79 Å². The Kier molecular flexibility index (Phi) is 5.33. The van der Waals surface area contributed by atoms with Crippen molar-refractivity contribution in [3.8, 4) is 0 Å². The molecule has 2 aliphatic rings. The number of carbonyl (C=O) groups excluding carboxylic acids is 2. The lowest BCUT2D eigenvalue weighted by Gasteiger charge is -2.35. The predicted octanol–water partition coefficient (Wildman–Crippen LogP) is -2.95. The van der Waals surface area contributed by atoms with Crippen LogP contribution in [0.25, 0.3) is 0 Å². The minimum Gasteiger partial charge on any atom is -0.548 e. The van der Waals surface area contributed by atoms with Gasteiger partial charge in [0.2, 0.25) is 5.91 Å². The zero-order valence-corrected chi connectivity index (χ0v) is 11.6. The number of hydrogen-bond acceptors (Lipinski definition) is 5. The van der Waals surface area contributed by atoms with E-state index in [1.165, 1.54) is 4.90 Å². The number of carbonyl (C=O) groups is 2. The first kappa shape index (κ1) is 15.2. The molecule has 0 aromatic rings. The summed E-state index contributed by atoms with van der Waals surface area (Å²) in [5, 5.41) is 12.5. The van der Waals surface area contributed by atoms with E-state index in [9.17, 15) is 14.7 Å². The first-order chi connectivity index (χ1) is 9.60. The molecule has 0 unspecified atom stereocenters.